The summed E-state index contributed by atoms with van der Waals surface area (Å²) in [6.07, 6.45) is 1.04. The standard InChI is InChI=1S/C15H20N2O/c1-11-3-4-12-10-15(17(2)14(12)9-11)13-5-7-18-8-6-16-13/h3-4,9-10,13,16H,5-8H2,1-2H3. The van der Waals surface area contributed by atoms with Crippen LogP contribution in [0, 0.1) is 6.92 Å². The van der Waals surface area contributed by atoms with Gasteiger partial charge in [0.05, 0.1) is 6.61 Å². The first-order chi connectivity index (χ1) is 8.75. The van der Waals surface area contributed by atoms with Crippen LogP contribution >= 0.6 is 0 Å². The number of aryl methyl sites for hydroxylation is 2. The number of hydrogen-bond donors (Lipinski definition) is 1. The lowest BCUT2D eigenvalue weighted by Crippen LogP contribution is -2.23. The Morgan fingerprint density at radius 1 is 1.28 bits per heavy atom. The number of fused-ring (bicyclic) bond motifs is 1. The molecule has 1 N–H and O–H groups in total. The SMILES string of the molecule is Cc1ccc2cc(C3CCOCCN3)n(C)c2c1. The fraction of sp³-hybridized carbons (Fsp3) is 0.467. The average molecular weight is 244 g/mol. The molecule has 2 heterocycles. The van der Waals surface area contributed by atoms with E-state index in [1.165, 1.54) is 22.2 Å². The van der Waals surface area contributed by atoms with Crippen molar-refractivity contribution >= 4 is 10.9 Å². The Hall–Kier alpha value is -1.32. The van der Waals surface area contributed by atoms with Gasteiger partial charge in [-0.3, -0.25) is 0 Å². The third-order valence-corrected chi connectivity index (χ3v) is 3.78. The van der Waals surface area contributed by atoms with Crippen LogP contribution in [0.4, 0.5) is 0 Å². The molecule has 1 aromatic heterocycles. The minimum absolute atomic E-state index is 0.408. The molecule has 18 heavy (non-hydrogen) atoms. The Balaban J connectivity index is 2.03. The maximum absolute atomic E-state index is 5.51. The van der Waals surface area contributed by atoms with Gasteiger partial charge >= 0.3 is 0 Å². The summed E-state index contributed by atoms with van der Waals surface area (Å²) in [5.74, 6) is 0. The molecule has 1 unspecified atom stereocenters. The number of benzene rings is 1. The molecule has 1 saturated heterocycles. The van der Waals surface area contributed by atoms with Gasteiger partial charge < -0.3 is 14.6 Å². The highest BCUT2D eigenvalue weighted by Crippen LogP contribution is 2.26. The molecule has 3 nitrogen and oxygen atoms in total. The van der Waals surface area contributed by atoms with Crippen LogP contribution in [-0.2, 0) is 11.8 Å². The molecule has 0 spiro atoms. The summed E-state index contributed by atoms with van der Waals surface area (Å²) >= 11 is 0. The van der Waals surface area contributed by atoms with Gasteiger partial charge in [-0.05, 0) is 36.4 Å². The second-order valence-electron chi connectivity index (χ2n) is 5.10. The van der Waals surface area contributed by atoms with E-state index in [2.05, 4.69) is 48.1 Å². The van der Waals surface area contributed by atoms with Gasteiger partial charge in [-0.1, -0.05) is 12.1 Å². The number of nitrogens with one attached hydrogen (secondary N) is 1. The highest BCUT2D eigenvalue weighted by molar-refractivity contribution is 5.82. The van der Waals surface area contributed by atoms with Gasteiger partial charge in [-0.15, -0.1) is 0 Å². The lowest BCUT2D eigenvalue weighted by Gasteiger charge is -2.16. The van der Waals surface area contributed by atoms with E-state index < -0.39 is 0 Å². The van der Waals surface area contributed by atoms with Crippen LogP contribution in [0.3, 0.4) is 0 Å². The van der Waals surface area contributed by atoms with Crippen LogP contribution in [0.25, 0.3) is 10.9 Å². The fourth-order valence-corrected chi connectivity index (χ4v) is 2.76. The summed E-state index contributed by atoms with van der Waals surface area (Å²) in [6, 6.07) is 9.35. The molecule has 3 rings (SSSR count). The van der Waals surface area contributed by atoms with Crippen LogP contribution in [0.2, 0.25) is 0 Å². The molecule has 1 aliphatic rings. The Kier molecular flexibility index (Phi) is 3.10. The van der Waals surface area contributed by atoms with Crippen molar-refractivity contribution in [3.63, 3.8) is 0 Å². The maximum atomic E-state index is 5.51. The predicted molar refractivity (Wildman–Crippen MR) is 73.8 cm³/mol. The molecule has 3 heteroatoms. The van der Waals surface area contributed by atoms with Crippen molar-refractivity contribution in [2.75, 3.05) is 19.8 Å². The average Bonchev–Trinajstić information content (AvgIpc) is 2.59. The van der Waals surface area contributed by atoms with Crippen molar-refractivity contribution in [1.29, 1.82) is 0 Å². The van der Waals surface area contributed by atoms with E-state index >= 15 is 0 Å². The van der Waals surface area contributed by atoms with Gasteiger partial charge in [0.25, 0.3) is 0 Å². The van der Waals surface area contributed by atoms with E-state index in [0.29, 0.717) is 6.04 Å². The van der Waals surface area contributed by atoms with Gasteiger partial charge in [0.1, 0.15) is 0 Å². The number of rotatable bonds is 1. The topological polar surface area (TPSA) is 26.2 Å². The molecule has 0 bridgehead atoms. The van der Waals surface area contributed by atoms with Gasteiger partial charge in [0.2, 0.25) is 0 Å². The third kappa shape index (κ3) is 2.04. The Labute approximate surface area is 108 Å². The molecular formula is C15H20N2O. The van der Waals surface area contributed by atoms with Crippen molar-refractivity contribution in [1.82, 2.24) is 9.88 Å². The minimum Gasteiger partial charge on any atom is -0.380 e. The summed E-state index contributed by atoms with van der Waals surface area (Å²) in [6.45, 7) is 4.74. The summed E-state index contributed by atoms with van der Waals surface area (Å²) in [4.78, 5) is 0. The first-order valence-electron chi connectivity index (χ1n) is 6.63. The Morgan fingerprint density at radius 3 is 3.06 bits per heavy atom. The maximum Gasteiger partial charge on any atom is 0.0591 e. The normalized spacial score (nSPS) is 21.1. The minimum atomic E-state index is 0.408. The number of aromatic nitrogens is 1. The lowest BCUT2D eigenvalue weighted by molar-refractivity contribution is 0.149. The summed E-state index contributed by atoms with van der Waals surface area (Å²) in [7, 11) is 2.16. The van der Waals surface area contributed by atoms with E-state index in [1.807, 2.05) is 0 Å². The zero-order chi connectivity index (χ0) is 12.5. The van der Waals surface area contributed by atoms with Gasteiger partial charge in [-0.25, -0.2) is 0 Å². The number of nitrogens with zero attached hydrogens (tertiary/aromatic N) is 1. The molecule has 0 radical (unpaired) electrons. The molecule has 0 saturated carbocycles. The molecule has 1 aliphatic heterocycles. The summed E-state index contributed by atoms with van der Waals surface area (Å²) < 4.78 is 7.82. The fourth-order valence-electron chi connectivity index (χ4n) is 2.76. The monoisotopic (exact) mass is 244 g/mol. The first-order valence-corrected chi connectivity index (χ1v) is 6.63. The third-order valence-electron chi connectivity index (χ3n) is 3.78. The van der Waals surface area contributed by atoms with E-state index in [9.17, 15) is 0 Å². The van der Waals surface area contributed by atoms with E-state index in [-0.39, 0.29) is 0 Å². The molecule has 0 aliphatic carbocycles. The van der Waals surface area contributed by atoms with Crippen molar-refractivity contribution in [3.05, 3.63) is 35.5 Å². The van der Waals surface area contributed by atoms with Crippen LogP contribution in [0.15, 0.2) is 24.3 Å². The molecule has 1 fully saturated rings. The molecule has 1 aromatic carbocycles. The first kappa shape index (κ1) is 11.8. The Bertz CT molecular complexity index is 551. The van der Waals surface area contributed by atoms with E-state index in [1.54, 1.807) is 0 Å². The number of ether oxygens (including phenoxy) is 1. The van der Waals surface area contributed by atoms with Crippen LogP contribution < -0.4 is 5.32 Å². The van der Waals surface area contributed by atoms with Crippen molar-refractivity contribution in [2.45, 2.75) is 19.4 Å². The second-order valence-corrected chi connectivity index (χ2v) is 5.10. The summed E-state index contributed by atoms with van der Waals surface area (Å²) in [5, 5.41) is 4.89. The summed E-state index contributed by atoms with van der Waals surface area (Å²) in [5.41, 5.74) is 3.99. The zero-order valence-corrected chi connectivity index (χ0v) is 11.1. The van der Waals surface area contributed by atoms with Crippen molar-refractivity contribution in [2.24, 2.45) is 7.05 Å². The van der Waals surface area contributed by atoms with Crippen LogP contribution in [0.5, 0.6) is 0 Å². The van der Waals surface area contributed by atoms with Crippen LogP contribution in [0.1, 0.15) is 23.7 Å². The van der Waals surface area contributed by atoms with E-state index in [0.717, 1.165) is 26.2 Å². The molecule has 0 amide bonds. The highest BCUT2D eigenvalue weighted by atomic mass is 16.5. The number of hydrogen-bond acceptors (Lipinski definition) is 2. The lowest BCUT2D eigenvalue weighted by atomic mass is 10.1. The van der Waals surface area contributed by atoms with Gasteiger partial charge in [-0.2, -0.15) is 0 Å². The largest absolute Gasteiger partial charge is 0.380 e. The second kappa shape index (κ2) is 4.75. The van der Waals surface area contributed by atoms with Crippen molar-refractivity contribution < 1.29 is 4.74 Å². The quantitative estimate of drug-likeness (QED) is 0.834. The highest BCUT2D eigenvalue weighted by Gasteiger charge is 2.18. The van der Waals surface area contributed by atoms with E-state index in [4.69, 9.17) is 4.74 Å². The zero-order valence-electron chi connectivity index (χ0n) is 11.1. The molecular weight excluding hydrogens is 224 g/mol. The molecule has 1 atom stereocenters. The van der Waals surface area contributed by atoms with Crippen LogP contribution in [-0.4, -0.2) is 24.3 Å². The predicted octanol–water partition coefficient (Wildman–Crippen LogP) is 2.54. The van der Waals surface area contributed by atoms with Crippen molar-refractivity contribution in [3.8, 4) is 0 Å². The molecule has 2 aromatic rings. The van der Waals surface area contributed by atoms with Gasteiger partial charge in [0.15, 0.2) is 0 Å². The Morgan fingerprint density at radius 2 is 2.17 bits per heavy atom. The molecule has 96 valence electrons. The smallest absolute Gasteiger partial charge is 0.0591 e. The van der Waals surface area contributed by atoms with Gasteiger partial charge in [0, 0.05) is 37.5 Å².